The van der Waals surface area contributed by atoms with E-state index in [0.717, 1.165) is 0 Å². The summed E-state index contributed by atoms with van der Waals surface area (Å²) in [4.78, 5) is 0. The first-order chi connectivity index (χ1) is 29.3. The van der Waals surface area contributed by atoms with Crippen LogP contribution in [-0.4, -0.2) is 24.1 Å². The lowest BCUT2D eigenvalue weighted by Crippen LogP contribution is -2.49. The Morgan fingerprint density at radius 3 is 0.797 bits per heavy atom. The Morgan fingerprint density at radius 1 is 0.288 bits per heavy atom. The van der Waals surface area contributed by atoms with Crippen LogP contribution in [0.3, 0.4) is 0 Å². The van der Waals surface area contributed by atoms with Crippen molar-refractivity contribution < 1.29 is 4.48 Å². The third-order valence-electron chi connectivity index (χ3n) is 13.0. The van der Waals surface area contributed by atoms with E-state index in [1.165, 1.54) is 281 Å². The second-order valence-corrected chi connectivity index (χ2v) is 18.9. The summed E-state index contributed by atoms with van der Waals surface area (Å²) >= 11 is 0. The van der Waals surface area contributed by atoms with Crippen LogP contribution in [0, 0.1) is 0 Å². The van der Waals surface area contributed by atoms with Gasteiger partial charge in [0.05, 0.1) is 19.6 Å². The van der Waals surface area contributed by atoms with Gasteiger partial charge in [-0.25, -0.2) is 0 Å². The minimum absolute atomic E-state index is 1.25. The number of benzene rings is 1. The normalized spacial score (nSPS) is 12.3. The minimum Gasteiger partial charge on any atom is -0.320 e. The molecule has 0 heterocycles. The summed E-state index contributed by atoms with van der Waals surface area (Å²) in [6, 6.07) is 11.6. The SMILES string of the molecule is CCC/C=C/CCCCCCCCCCCC[N+](CCCCCCCCCCCC/C=C/CCC)(CCCCCCCCCCCC/C=C/CCC)Cc1ccccc1. The summed E-state index contributed by atoms with van der Waals surface area (Å²) in [5.41, 5.74) is 1.57. The van der Waals surface area contributed by atoms with E-state index >= 15 is 0 Å². The average molecular weight is 817 g/mol. The lowest BCUT2D eigenvalue weighted by Gasteiger charge is -2.39. The van der Waals surface area contributed by atoms with Gasteiger partial charge >= 0.3 is 0 Å². The van der Waals surface area contributed by atoms with Gasteiger partial charge in [-0.15, -0.1) is 0 Å². The maximum atomic E-state index is 2.42. The summed E-state index contributed by atoms with van der Waals surface area (Å²) in [7, 11) is 0. The highest BCUT2D eigenvalue weighted by molar-refractivity contribution is 5.13. The van der Waals surface area contributed by atoms with Crippen molar-refractivity contribution in [3.05, 3.63) is 72.4 Å². The number of allylic oxidation sites excluding steroid dienone is 6. The van der Waals surface area contributed by atoms with Crippen molar-refractivity contribution in [2.24, 2.45) is 0 Å². The Kier molecular flexibility index (Phi) is 43.1. The largest absolute Gasteiger partial charge is 0.320 e. The molecule has 0 unspecified atom stereocenters. The first-order valence-electron chi connectivity index (χ1n) is 27.1. The predicted molar refractivity (Wildman–Crippen MR) is 270 cm³/mol. The molecule has 342 valence electrons. The zero-order valence-corrected chi connectivity index (χ0v) is 40.7. The fourth-order valence-electron chi connectivity index (χ4n) is 9.12. The molecule has 1 heteroatoms. The van der Waals surface area contributed by atoms with Gasteiger partial charge in [-0.05, 0) is 96.3 Å². The third kappa shape index (κ3) is 39.0. The number of hydrogen-bond acceptors (Lipinski definition) is 0. The zero-order valence-electron chi connectivity index (χ0n) is 40.7. The molecule has 0 saturated heterocycles. The van der Waals surface area contributed by atoms with Crippen molar-refractivity contribution >= 4 is 0 Å². The van der Waals surface area contributed by atoms with E-state index in [1.54, 1.807) is 5.56 Å². The fourth-order valence-corrected chi connectivity index (χ4v) is 9.12. The topological polar surface area (TPSA) is 0 Å². The number of nitrogens with zero attached hydrogens (tertiary/aromatic N) is 1. The molecule has 0 aliphatic heterocycles. The molecule has 0 fully saturated rings. The molecule has 0 aromatic heterocycles. The van der Waals surface area contributed by atoms with Crippen molar-refractivity contribution in [2.45, 2.75) is 278 Å². The average Bonchev–Trinajstić information content (AvgIpc) is 3.25. The number of hydrogen-bond donors (Lipinski definition) is 0. The van der Waals surface area contributed by atoms with E-state index in [9.17, 15) is 0 Å². The molecule has 0 spiro atoms. The zero-order chi connectivity index (χ0) is 42.3. The molecule has 0 radical (unpaired) electrons. The van der Waals surface area contributed by atoms with Crippen LogP contribution in [0.2, 0.25) is 0 Å². The van der Waals surface area contributed by atoms with E-state index in [0.29, 0.717) is 0 Å². The highest BCUT2D eigenvalue weighted by Crippen LogP contribution is 2.23. The molecule has 59 heavy (non-hydrogen) atoms. The standard InChI is InChI=1S/C58H106N/c1-4-7-10-13-16-19-22-25-28-31-34-37-40-43-49-54-59(57-58-52-47-46-48-53-58,55-50-44-41-38-35-32-29-26-23-20-17-14-11-8-5-2)56-51-45-42-39-36-33-30-27-24-21-18-15-12-9-6-3/h10-15,46-48,52-53H,4-9,16-45,49-51,54-57H2,1-3H3/q+1/b13-10+,14-11+,15-12+. The van der Waals surface area contributed by atoms with Crippen LogP contribution in [0.15, 0.2) is 66.8 Å². The van der Waals surface area contributed by atoms with Crippen LogP contribution in [0.5, 0.6) is 0 Å². The first-order valence-corrected chi connectivity index (χ1v) is 27.1. The highest BCUT2D eigenvalue weighted by Gasteiger charge is 2.26. The Morgan fingerprint density at radius 2 is 0.525 bits per heavy atom. The van der Waals surface area contributed by atoms with Gasteiger partial charge in [0.2, 0.25) is 0 Å². The van der Waals surface area contributed by atoms with Gasteiger partial charge in [0, 0.05) is 5.56 Å². The molecule has 0 N–H and O–H groups in total. The molecule has 1 aromatic carbocycles. The van der Waals surface area contributed by atoms with Gasteiger partial charge in [0.15, 0.2) is 0 Å². The summed E-state index contributed by atoms with van der Waals surface area (Å²) in [5.74, 6) is 0. The van der Waals surface area contributed by atoms with E-state index in [1.807, 2.05) is 0 Å². The smallest absolute Gasteiger partial charge is 0.104 e. The van der Waals surface area contributed by atoms with E-state index in [2.05, 4.69) is 87.6 Å². The van der Waals surface area contributed by atoms with Crippen molar-refractivity contribution in [1.29, 1.82) is 0 Å². The van der Waals surface area contributed by atoms with Crippen LogP contribution in [-0.2, 0) is 6.54 Å². The van der Waals surface area contributed by atoms with E-state index in [-0.39, 0.29) is 0 Å². The summed E-state index contributed by atoms with van der Waals surface area (Å²) in [5, 5.41) is 0. The molecule has 0 saturated carbocycles. The molecule has 1 rings (SSSR count). The van der Waals surface area contributed by atoms with Crippen molar-refractivity contribution in [3.8, 4) is 0 Å². The molecular weight excluding hydrogens is 711 g/mol. The summed E-state index contributed by atoms with van der Waals surface area (Å²) in [6.07, 6.45) is 68.9. The molecule has 0 aliphatic carbocycles. The minimum atomic E-state index is 1.25. The number of rotatable bonds is 47. The third-order valence-corrected chi connectivity index (χ3v) is 13.0. The van der Waals surface area contributed by atoms with Gasteiger partial charge in [-0.3, -0.25) is 0 Å². The lowest BCUT2D eigenvalue weighted by atomic mass is 10.0. The number of unbranched alkanes of at least 4 members (excludes halogenated alkanes) is 33. The Balaban J connectivity index is 2.50. The monoisotopic (exact) mass is 817 g/mol. The quantitative estimate of drug-likeness (QED) is 0.0349. The van der Waals surface area contributed by atoms with Gasteiger partial charge in [-0.1, -0.05) is 242 Å². The Bertz CT molecular complexity index is 921. The second-order valence-electron chi connectivity index (χ2n) is 18.9. The van der Waals surface area contributed by atoms with Crippen LogP contribution in [0.25, 0.3) is 0 Å². The summed E-state index contributed by atoms with van der Waals surface area (Å²) in [6.45, 7) is 12.2. The van der Waals surface area contributed by atoms with Crippen LogP contribution in [0.4, 0.5) is 0 Å². The highest BCUT2D eigenvalue weighted by atomic mass is 15.3. The van der Waals surface area contributed by atoms with Crippen molar-refractivity contribution in [3.63, 3.8) is 0 Å². The second kappa shape index (κ2) is 45.9. The molecule has 1 aromatic rings. The van der Waals surface area contributed by atoms with Gasteiger partial charge in [-0.2, -0.15) is 0 Å². The van der Waals surface area contributed by atoms with Crippen LogP contribution >= 0.6 is 0 Å². The Labute approximate surface area is 372 Å². The maximum Gasteiger partial charge on any atom is 0.104 e. The Hall–Kier alpha value is -1.60. The van der Waals surface area contributed by atoms with Crippen LogP contribution in [0.1, 0.15) is 277 Å². The molecule has 0 bridgehead atoms. The van der Waals surface area contributed by atoms with E-state index < -0.39 is 0 Å². The molecular formula is C58H106N+. The fraction of sp³-hybridized carbons (Fsp3) is 0.793. The number of quaternary nitrogens is 1. The van der Waals surface area contributed by atoms with Gasteiger partial charge < -0.3 is 4.48 Å². The summed E-state index contributed by atoms with van der Waals surface area (Å²) < 4.78 is 1.35. The molecule has 0 atom stereocenters. The predicted octanol–water partition coefficient (Wildman–Crippen LogP) is 19.9. The van der Waals surface area contributed by atoms with Crippen LogP contribution < -0.4 is 0 Å². The van der Waals surface area contributed by atoms with Gasteiger partial charge in [0.25, 0.3) is 0 Å². The lowest BCUT2D eigenvalue weighted by molar-refractivity contribution is -0.941. The van der Waals surface area contributed by atoms with E-state index in [4.69, 9.17) is 0 Å². The first kappa shape index (κ1) is 55.4. The van der Waals surface area contributed by atoms with Crippen molar-refractivity contribution in [1.82, 2.24) is 0 Å². The molecule has 0 aliphatic rings. The van der Waals surface area contributed by atoms with Crippen molar-refractivity contribution in [2.75, 3.05) is 19.6 Å². The van der Waals surface area contributed by atoms with Gasteiger partial charge in [0.1, 0.15) is 6.54 Å². The molecule has 1 nitrogen and oxygen atoms in total. The maximum absolute atomic E-state index is 2.42. The molecule has 0 amide bonds.